The first-order chi connectivity index (χ1) is 14.5. The fraction of sp³-hybridized carbons (Fsp3) is 0.174. The summed E-state index contributed by atoms with van der Waals surface area (Å²) >= 11 is 0. The minimum Gasteiger partial charge on any atom is -0.497 e. The molecule has 0 bridgehead atoms. The highest BCUT2D eigenvalue weighted by atomic mass is 16.5. The van der Waals surface area contributed by atoms with Crippen molar-refractivity contribution in [2.75, 3.05) is 12.4 Å². The van der Waals surface area contributed by atoms with Gasteiger partial charge >= 0.3 is 0 Å². The largest absolute Gasteiger partial charge is 0.497 e. The summed E-state index contributed by atoms with van der Waals surface area (Å²) in [6.45, 7) is 4.46. The third-order valence-corrected chi connectivity index (χ3v) is 4.89. The Balaban J connectivity index is 1.67. The van der Waals surface area contributed by atoms with Crippen LogP contribution in [-0.4, -0.2) is 32.6 Å². The lowest BCUT2D eigenvalue weighted by atomic mass is 10.1. The van der Waals surface area contributed by atoms with E-state index in [2.05, 4.69) is 15.6 Å². The molecule has 152 valence electrons. The van der Waals surface area contributed by atoms with Crippen LogP contribution >= 0.6 is 0 Å². The van der Waals surface area contributed by atoms with Crippen molar-refractivity contribution < 1.29 is 9.53 Å². The quantitative estimate of drug-likeness (QED) is 0.530. The van der Waals surface area contributed by atoms with Gasteiger partial charge in [-0.1, -0.05) is 35.0 Å². The van der Waals surface area contributed by atoms with Gasteiger partial charge in [0.05, 0.1) is 13.7 Å². The second kappa shape index (κ2) is 8.24. The normalized spacial score (nSPS) is 10.8. The molecule has 0 saturated heterocycles. The first-order valence-corrected chi connectivity index (χ1v) is 9.63. The molecule has 0 saturated carbocycles. The predicted octanol–water partition coefficient (Wildman–Crippen LogP) is 3.99. The molecule has 30 heavy (non-hydrogen) atoms. The van der Waals surface area contributed by atoms with Crippen molar-refractivity contribution in [3.63, 3.8) is 0 Å². The average molecular weight is 401 g/mol. The van der Waals surface area contributed by atoms with Crippen LogP contribution < -0.4 is 10.1 Å². The highest BCUT2D eigenvalue weighted by molar-refractivity contribution is 6.05. The summed E-state index contributed by atoms with van der Waals surface area (Å²) in [6, 6.07) is 17.4. The van der Waals surface area contributed by atoms with E-state index < -0.39 is 0 Å². The summed E-state index contributed by atoms with van der Waals surface area (Å²) in [5.41, 5.74) is 4.18. The zero-order chi connectivity index (χ0) is 21.1. The number of ether oxygens (including phenoxy) is 1. The van der Waals surface area contributed by atoms with E-state index in [4.69, 9.17) is 4.74 Å². The second-order valence-electron chi connectivity index (χ2n) is 7.13. The lowest BCUT2D eigenvalue weighted by Crippen LogP contribution is -2.17. The number of nitrogens with zero attached hydrogens (tertiary/aromatic N) is 4. The first-order valence-electron chi connectivity index (χ1n) is 9.63. The van der Waals surface area contributed by atoms with E-state index in [1.807, 2.05) is 85.4 Å². The van der Waals surface area contributed by atoms with Gasteiger partial charge in [0.2, 0.25) is 0 Å². The maximum Gasteiger partial charge on any atom is 0.280 e. The van der Waals surface area contributed by atoms with E-state index in [-0.39, 0.29) is 11.6 Å². The van der Waals surface area contributed by atoms with Gasteiger partial charge in [0.15, 0.2) is 11.5 Å². The smallest absolute Gasteiger partial charge is 0.280 e. The van der Waals surface area contributed by atoms with Crippen LogP contribution in [0.1, 0.15) is 27.2 Å². The van der Waals surface area contributed by atoms with Crippen molar-refractivity contribution in [2.24, 2.45) is 0 Å². The highest BCUT2D eigenvalue weighted by Crippen LogP contribution is 2.20. The monoisotopic (exact) mass is 401 g/mol. The van der Waals surface area contributed by atoms with Crippen LogP contribution in [0.2, 0.25) is 0 Å². The molecule has 0 unspecified atom stereocenters. The highest BCUT2D eigenvalue weighted by Gasteiger charge is 2.22. The Morgan fingerprint density at radius 3 is 2.47 bits per heavy atom. The van der Waals surface area contributed by atoms with Gasteiger partial charge in [0.25, 0.3) is 5.91 Å². The molecule has 7 heteroatoms. The molecular weight excluding hydrogens is 378 g/mol. The van der Waals surface area contributed by atoms with Gasteiger partial charge in [0, 0.05) is 18.1 Å². The van der Waals surface area contributed by atoms with E-state index >= 15 is 0 Å². The number of rotatable bonds is 6. The van der Waals surface area contributed by atoms with Crippen LogP contribution in [0, 0.1) is 13.8 Å². The summed E-state index contributed by atoms with van der Waals surface area (Å²) in [4.78, 5) is 13.1. The minimum absolute atomic E-state index is 0.264. The van der Waals surface area contributed by atoms with E-state index in [1.54, 1.807) is 11.8 Å². The number of carbonyl (C=O) groups excluding carboxylic acids is 1. The number of nitrogens with one attached hydrogen (secondary N) is 1. The topological polar surface area (TPSA) is 74.0 Å². The molecule has 2 heterocycles. The van der Waals surface area contributed by atoms with Gasteiger partial charge < -0.3 is 14.6 Å². The Hall–Kier alpha value is -3.87. The SMILES string of the molecule is COc1ccc(Cn2nnc(C(=O)Nc3ccc(C)cc3C)c2-n2cccc2)cc1. The Morgan fingerprint density at radius 2 is 1.80 bits per heavy atom. The molecule has 2 aromatic heterocycles. The number of benzene rings is 2. The number of amides is 1. The molecule has 7 nitrogen and oxygen atoms in total. The summed E-state index contributed by atoms with van der Waals surface area (Å²) in [7, 11) is 1.64. The number of hydrogen-bond acceptors (Lipinski definition) is 4. The zero-order valence-corrected chi connectivity index (χ0v) is 17.2. The summed E-state index contributed by atoms with van der Waals surface area (Å²) in [5, 5.41) is 11.4. The van der Waals surface area contributed by atoms with Crippen molar-refractivity contribution >= 4 is 11.6 Å². The van der Waals surface area contributed by atoms with Crippen molar-refractivity contribution in [1.29, 1.82) is 0 Å². The predicted molar refractivity (Wildman–Crippen MR) is 115 cm³/mol. The van der Waals surface area contributed by atoms with Gasteiger partial charge in [-0.05, 0) is 55.3 Å². The molecule has 0 fully saturated rings. The molecule has 1 N–H and O–H groups in total. The zero-order valence-electron chi connectivity index (χ0n) is 17.2. The van der Waals surface area contributed by atoms with Gasteiger partial charge in [-0.3, -0.25) is 4.79 Å². The molecule has 0 radical (unpaired) electrons. The summed E-state index contributed by atoms with van der Waals surface area (Å²) in [6.07, 6.45) is 3.74. The van der Waals surface area contributed by atoms with Gasteiger partial charge in [0.1, 0.15) is 5.75 Å². The molecule has 2 aromatic carbocycles. The fourth-order valence-corrected chi connectivity index (χ4v) is 3.33. The standard InChI is InChI=1S/C23H23N5O2/c1-16-6-11-20(17(2)14-16)24-22(29)21-23(27-12-4-5-13-27)28(26-25-21)15-18-7-9-19(30-3)10-8-18/h4-14H,15H2,1-3H3,(H,24,29). The van der Waals surface area contributed by atoms with Crippen LogP contribution in [0.15, 0.2) is 67.0 Å². The van der Waals surface area contributed by atoms with Crippen LogP contribution in [-0.2, 0) is 6.54 Å². The second-order valence-corrected chi connectivity index (χ2v) is 7.13. The number of aromatic nitrogens is 4. The molecule has 0 aliphatic carbocycles. The van der Waals surface area contributed by atoms with Crippen LogP contribution in [0.5, 0.6) is 5.75 Å². The maximum absolute atomic E-state index is 13.1. The van der Waals surface area contributed by atoms with Crippen molar-refractivity contribution in [1.82, 2.24) is 19.6 Å². The Bertz CT molecular complexity index is 1160. The summed E-state index contributed by atoms with van der Waals surface area (Å²) in [5.74, 6) is 1.10. The minimum atomic E-state index is -0.299. The molecule has 1 amide bonds. The summed E-state index contributed by atoms with van der Waals surface area (Å²) < 4.78 is 8.79. The molecule has 4 aromatic rings. The van der Waals surface area contributed by atoms with Gasteiger partial charge in [-0.15, -0.1) is 5.10 Å². The number of aryl methyl sites for hydroxylation is 2. The molecule has 0 aliphatic heterocycles. The lowest BCUT2D eigenvalue weighted by Gasteiger charge is -2.11. The number of methoxy groups -OCH3 is 1. The molecule has 0 spiro atoms. The van der Waals surface area contributed by atoms with E-state index in [9.17, 15) is 4.79 Å². The van der Waals surface area contributed by atoms with Gasteiger partial charge in [-0.25, -0.2) is 4.68 Å². The van der Waals surface area contributed by atoms with E-state index in [0.29, 0.717) is 12.4 Å². The first kappa shape index (κ1) is 19.4. The van der Waals surface area contributed by atoms with Crippen molar-refractivity contribution in [3.8, 4) is 11.6 Å². The van der Waals surface area contributed by atoms with Crippen LogP contribution in [0.4, 0.5) is 5.69 Å². The molecule has 0 aliphatic rings. The Morgan fingerprint density at radius 1 is 1.07 bits per heavy atom. The average Bonchev–Trinajstić information content (AvgIpc) is 3.40. The Kier molecular flexibility index (Phi) is 5.34. The number of carbonyl (C=O) groups is 1. The van der Waals surface area contributed by atoms with Crippen LogP contribution in [0.3, 0.4) is 0 Å². The fourth-order valence-electron chi connectivity index (χ4n) is 3.33. The van der Waals surface area contributed by atoms with Crippen molar-refractivity contribution in [2.45, 2.75) is 20.4 Å². The molecule has 0 atom stereocenters. The van der Waals surface area contributed by atoms with Gasteiger partial charge in [-0.2, -0.15) is 0 Å². The third kappa shape index (κ3) is 3.96. The maximum atomic E-state index is 13.1. The Labute approximate surface area is 174 Å². The van der Waals surface area contributed by atoms with Crippen molar-refractivity contribution in [3.05, 3.63) is 89.4 Å². The number of anilines is 1. The molecule has 4 rings (SSSR count). The third-order valence-electron chi connectivity index (χ3n) is 4.89. The van der Waals surface area contributed by atoms with Crippen LogP contribution in [0.25, 0.3) is 5.82 Å². The molecular formula is C23H23N5O2. The number of hydrogen-bond donors (Lipinski definition) is 1. The van der Waals surface area contributed by atoms with E-state index in [0.717, 1.165) is 28.1 Å². The van der Waals surface area contributed by atoms with E-state index in [1.165, 1.54) is 0 Å². The lowest BCUT2D eigenvalue weighted by molar-refractivity contribution is 0.102.